The van der Waals surface area contributed by atoms with Crippen LogP contribution < -0.4 is 11.1 Å². The first-order chi connectivity index (χ1) is 10.7. The summed E-state index contributed by atoms with van der Waals surface area (Å²) in [6.45, 7) is 2.34. The maximum absolute atomic E-state index is 6.52. The summed E-state index contributed by atoms with van der Waals surface area (Å²) in [6, 6.07) is 21.6. The summed E-state index contributed by atoms with van der Waals surface area (Å²) < 4.78 is 0. The van der Waals surface area contributed by atoms with E-state index in [-0.39, 0.29) is 36.4 Å². The Hall–Kier alpha value is -1.06. The largest absolute Gasteiger partial charge is 0.323 e. The third-order valence-electron chi connectivity index (χ3n) is 4.83. The molecule has 4 heteroatoms. The standard InChI is InChI=1S/C20H26N2.2ClH/c1-20(15-16-9-4-2-5-10-16)14-8-13-18(22-20)19(21)17-11-6-3-7-12-17;;/h2-7,9-12,18-19,22H,8,13-15,21H2,1H3;2*1H. The van der Waals surface area contributed by atoms with E-state index in [9.17, 15) is 0 Å². The van der Waals surface area contributed by atoms with Crippen molar-refractivity contribution in [1.29, 1.82) is 0 Å². The van der Waals surface area contributed by atoms with Gasteiger partial charge in [0.05, 0.1) is 0 Å². The number of nitrogens with two attached hydrogens (primary N) is 1. The van der Waals surface area contributed by atoms with Crippen LogP contribution in [-0.4, -0.2) is 11.6 Å². The highest BCUT2D eigenvalue weighted by molar-refractivity contribution is 5.85. The van der Waals surface area contributed by atoms with E-state index in [1.807, 2.05) is 6.07 Å². The van der Waals surface area contributed by atoms with Gasteiger partial charge in [-0.15, -0.1) is 24.8 Å². The van der Waals surface area contributed by atoms with Gasteiger partial charge in [-0.2, -0.15) is 0 Å². The third-order valence-corrected chi connectivity index (χ3v) is 4.83. The predicted molar refractivity (Wildman–Crippen MR) is 107 cm³/mol. The molecule has 2 aromatic carbocycles. The molecule has 1 heterocycles. The number of halogens is 2. The number of benzene rings is 2. The van der Waals surface area contributed by atoms with Crippen LogP contribution in [0.5, 0.6) is 0 Å². The van der Waals surface area contributed by atoms with Crippen molar-refractivity contribution in [2.75, 3.05) is 0 Å². The molecule has 3 rings (SSSR count). The molecule has 1 aliphatic rings. The van der Waals surface area contributed by atoms with Crippen LogP contribution in [0.15, 0.2) is 60.7 Å². The average molecular weight is 367 g/mol. The first kappa shape index (κ1) is 21.0. The minimum Gasteiger partial charge on any atom is -0.323 e. The first-order valence-corrected chi connectivity index (χ1v) is 8.28. The Labute approximate surface area is 158 Å². The molecule has 0 aliphatic carbocycles. The van der Waals surface area contributed by atoms with Crippen molar-refractivity contribution in [2.45, 2.75) is 50.2 Å². The lowest BCUT2D eigenvalue weighted by Gasteiger charge is -2.42. The second-order valence-corrected chi connectivity index (χ2v) is 6.80. The number of piperidine rings is 1. The van der Waals surface area contributed by atoms with Crippen LogP contribution in [0, 0.1) is 0 Å². The molecule has 0 bridgehead atoms. The molecule has 1 aliphatic heterocycles. The lowest BCUT2D eigenvalue weighted by Crippen LogP contribution is -2.56. The summed E-state index contributed by atoms with van der Waals surface area (Å²) in [4.78, 5) is 0. The van der Waals surface area contributed by atoms with Gasteiger partial charge in [0.25, 0.3) is 0 Å². The summed E-state index contributed by atoms with van der Waals surface area (Å²) in [6.07, 6.45) is 4.66. The van der Waals surface area contributed by atoms with E-state index in [4.69, 9.17) is 5.73 Å². The van der Waals surface area contributed by atoms with Crippen LogP contribution in [0.25, 0.3) is 0 Å². The van der Waals surface area contributed by atoms with Crippen molar-refractivity contribution in [3.8, 4) is 0 Å². The molecule has 3 N–H and O–H groups in total. The predicted octanol–water partition coefficient (Wildman–Crippen LogP) is 4.67. The van der Waals surface area contributed by atoms with Gasteiger partial charge in [0.2, 0.25) is 0 Å². The molecular formula is C20H28Cl2N2. The Balaban J connectivity index is 0.00000144. The fourth-order valence-corrected chi connectivity index (χ4v) is 3.67. The Morgan fingerprint density at radius 2 is 1.62 bits per heavy atom. The van der Waals surface area contributed by atoms with Gasteiger partial charge in [-0.25, -0.2) is 0 Å². The van der Waals surface area contributed by atoms with Crippen molar-refractivity contribution >= 4 is 24.8 Å². The number of nitrogens with one attached hydrogen (secondary N) is 1. The highest BCUT2D eigenvalue weighted by Gasteiger charge is 2.34. The smallest absolute Gasteiger partial charge is 0.0451 e. The minimum atomic E-state index is 0. The van der Waals surface area contributed by atoms with E-state index in [1.54, 1.807) is 0 Å². The van der Waals surface area contributed by atoms with E-state index in [0.29, 0.717) is 6.04 Å². The molecule has 0 spiro atoms. The lowest BCUT2D eigenvalue weighted by molar-refractivity contribution is 0.203. The maximum Gasteiger partial charge on any atom is 0.0451 e. The zero-order valence-corrected chi connectivity index (χ0v) is 15.8. The molecule has 0 amide bonds. The summed E-state index contributed by atoms with van der Waals surface area (Å²) >= 11 is 0. The van der Waals surface area contributed by atoms with E-state index in [2.05, 4.69) is 66.8 Å². The van der Waals surface area contributed by atoms with Crippen molar-refractivity contribution in [1.82, 2.24) is 5.32 Å². The Morgan fingerprint density at radius 1 is 1.04 bits per heavy atom. The highest BCUT2D eigenvalue weighted by atomic mass is 35.5. The lowest BCUT2D eigenvalue weighted by atomic mass is 9.80. The molecule has 2 nitrogen and oxygen atoms in total. The van der Waals surface area contributed by atoms with Gasteiger partial charge >= 0.3 is 0 Å². The van der Waals surface area contributed by atoms with E-state index in [0.717, 1.165) is 12.8 Å². The fourth-order valence-electron chi connectivity index (χ4n) is 3.67. The second kappa shape index (κ2) is 9.43. The molecule has 3 unspecified atom stereocenters. The van der Waals surface area contributed by atoms with E-state index < -0.39 is 0 Å². The zero-order chi connectivity index (χ0) is 15.4. The Morgan fingerprint density at radius 3 is 2.25 bits per heavy atom. The molecule has 0 saturated carbocycles. The van der Waals surface area contributed by atoms with Crippen LogP contribution >= 0.6 is 24.8 Å². The molecule has 0 radical (unpaired) electrons. The fraction of sp³-hybridized carbons (Fsp3) is 0.400. The molecule has 0 aromatic heterocycles. The van der Waals surface area contributed by atoms with Crippen LogP contribution in [-0.2, 0) is 6.42 Å². The zero-order valence-electron chi connectivity index (χ0n) is 14.2. The average Bonchev–Trinajstić information content (AvgIpc) is 2.55. The van der Waals surface area contributed by atoms with E-state index >= 15 is 0 Å². The molecule has 2 aromatic rings. The SMILES string of the molecule is CC1(Cc2ccccc2)CCCC(C(N)c2ccccc2)N1.Cl.Cl. The third kappa shape index (κ3) is 5.22. The first-order valence-electron chi connectivity index (χ1n) is 8.28. The molecular weight excluding hydrogens is 339 g/mol. The monoisotopic (exact) mass is 366 g/mol. The molecule has 3 atom stereocenters. The van der Waals surface area contributed by atoms with Crippen LogP contribution in [0.4, 0.5) is 0 Å². The van der Waals surface area contributed by atoms with Gasteiger partial charge in [-0.1, -0.05) is 60.7 Å². The van der Waals surface area contributed by atoms with E-state index in [1.165, 1.54) is 24.0 Å². The number of hydrogen-bond donors (Lipinski definition) is 2. The number of rotatable bonds is 4. The molecule has 132 valence electrons. The highest BCUT2D eigenvalue weighted by Crippen LogP contribution is 2.30. The van der Waals surface area contributed by atoms with Crippen molar-refractivity contribution in [3.05, 3.63) is 71.8 Å². The Kier molecular flexibility index (Phi) is 8.24. The summed E-state index contributed by atoms with van der Waals surface area (Å²) in [5.41, 5.74) is 9.28. The Bertz CT molecular complexity index is 591. The van der Waals surface area contributed by atoms with Gasteiger partial charge in [0.15, 0.2) is 0 Å². The summed E-state index contributed by atoms with van der Waals surface area (Å²) in [5, 5.41) is 3.85. The van der Waals surface area contributed by atoms with Crippen molar-refractivity contribution in [3.63, 3.8) is 0 Å². The van der Waals surface area contributed by atoms with Crippen LogP contribution in [0.3, 0.4) is 0 Å². The van der Waals surface area contributed by atoms with Gasteiger partial charge in [-0.3, -0.25) is 0 Å². The number of hydrogen-bond acceptors (Lipinski definition) is 2. The van der Waals surface area contributed by atoms with Gasteiger partial charge in [0, 0.05) is 17.6 Å². The van der Waals surface area contributed by atoms with Gasteiger partial charge in [0.1, 0.15) is 0 Å². The van der Waals surface area contributed by atoms with Crippen LogP contribution in [0.2, 0.25) is 0 Å². The molecule has 24 heavy (non-hydrogen) atoms. The maximum atomic E-state index is 6.52. The van der Waals surface area contributed by atoms with Crippen LogP contribution in [0.1, 0.15) is 43.4 Å². The van der Waals surface area contributed by atoms with Gasteiger partial charge < -0.3 is 11.1 Å². The van der Waals surface area contributed by atoms with Crippen molar-refractivity contribution < 1.29 is 0 Å². The van der Waals surface area contributed by atoms with Gasteiger partial charge in [-0.05, 0) is 43.7 Å². The summed E-state index contributed by atoms with van der Waals surface area (Å²) in [7, 11) is 0. The molecule has 1 saturated heterocycles. The normalized spacial score (nSPS) is 24.3. The summed E-state index contributed by atoms with van der Waals surface area (Å²) in [5.74, 6) is 0. The minimum absolute atomic E-state index is 0. The molecule has 1 fully saturated rings. The quantitative estimate of drug-likeness (QED) is 0.824. The van der Waals surface area contributed by atoms with Crippen molar-refractivity contribution in [2.24, 2.45) is 5.73 Å². The topological polar surface area (TPSA) is 38.0 Å². The second-order valence-electron chi connectivity index (χ2n) is 6.80.